The van der Waals surface area contributed by atoms with Gasteiger partial charge in [-0.1, -0.05) is 15.9 Å². The summed E-state index contributed by atoms with van der Waals surface area (Å²) in [6, 6.07) is 2.57. The second-order valence-corrected chi connectivity index (χ2v) is 5.14. The highest BCUT2D eigenvalue weighted by molar-refractivity contribution is 9.10. The van der Waals surface area contributed by atoms with Crippen LogP contribution in [0.25, 0.3) is 0 Å². The van der Waals surface area contributed by atoms with Crippen LogP contribution >= 0.6 is 15.9 Å². The zero-order valence-corrected chi connectivity index (χ0v) is 13.2. The van der Waals surface area contributed by atoms with E-state index in [4.69, 9.17) is 4.74 Å². The van der Waals surface area contributed by atoms with E-state index in [2.05, 4.69) is 21.2 Å². The Balaban J connectivity index is 2.89. The number of nitro groups is 1. The van der Waals surface area contributed by atoms with Gasteiger partial charge in [-0.25, -0.2) is 0 Å². The molecular formula is C13H17BrN2O4. The molecular weight excluding hydrogens is 328 g/mol. The molecule has 0 saturated carbocycles. The highest BCUT2D eigenvalue weighted by atomic mass is 79.9. The van der Waals surface area contributed by atoms with Crippen LogP contribution in [0.4, 0.5) is 5.69 Å². The topological polar surface area (TPSA) is 81.5 Å². The van der Waals surface area contributed by atoms with Crippen LogP contribution in [0.2, 0.25) is 0 Å². The molecule has 20 heavy (non-hydrogen) atoms. The zero-order chi connectivity index (χ0) is 15.3. The third kappa shape index (κ3) is 4.01. The monoisotopic (exact) mass is 344 g/mol. The second kappa shape index (κ2) is 7.35. The number of nitrogens with zero attached hydrogens (tertiary/aromatic N) is 1. The normalized spacial score (nSPS) is 12.0. The fraction of sp³-hybridized carbons (Fsp3) is 0.462. The molecule has 0 heterocycles. The fourth-order valence-electron chi connectivity index (χ4n) is 1.71. The molecule has 0 radical (unpaired) electrons. The Morgan fingerprint density at radius 2 is 2.20 bits per heavy atom. The summed E-state index contributed by atoms with van der Waals surface area (Å²) in [6.45, 7) is 5.72. The predicted molar refractivity (Wildman–Crippen MR) is 78.5 cm³/mol. The number of esters is 1. The number of ether oxygens (including phenoxy) is 1. The molecule has 0 bridgehead atoms. The smallest absolute Gasteiger partial charge is 0.322 e. The number of hydrogen-bond acceptors (Lipinski definition) is 5. The van der Waals surface area contributed by atoms with Gasteiger partial charge in [-0.2, -0.15) is 0 Å². The molecule has 0 aliphatic rings. The summed E-state index contributed by atoms with van der Waals surface area (Å²) in [6.07, 6.45) is 0. The van der Waals surface area contributed by atoms with E-state index in [0.29, 0.717) is 12.2 Å². The maximum Gasteiger partial charge on any atom is 0.322 e. The van der Waals surface area contributed by atoms with E-state index >= 15 is 0 Å². The minimum atomic E-state index is -0.520. The van der Waals surface area contributed by atoms with Gasteiger partial charge >= 0.3 is 5.97 Å². The summed E-state index contributed by atoms with van der Waals surface area (Å²) in [7, 11) is 0. The van der Waals surface area contributed by atoms with Crippen molar-refractivity contribution in [2.75, 3.05) is 6.61 Å². The maximum absolute atomic E-state index is 11.5. The Morgan fingerprint density at radius 3 is 2.75 bits per heavy atom. The van der Waals surface area contributed by atoms with E-state index in [1.807, 2.05) is 0 Å². The number of carbonyl (C=O) groups excluding carboxylic acids is 1. The second-order valence-electron chi connectivity index (χ2n) is 4.28. The van der Waals surface area contributed by atoms with E-state index in [1.165, 1.54) is 6.07 Å². The summed E-state index contributed by atoms with van der Waals surface area (Å²) in [5.41, 5.74) is 1.37. The molecule has 1 aromatic carbocycles. The number of nitrogens with one attached hydrogen (secondary N) is 1. The molecule has 0 spiro atoms. The highest BCUT2D eigenvalue weighted by Crippen LogP contribution is 2.28. The lowest BCUT2D eigenvalue weighted by atomic mass is 10.1. The van der Waals surface area contributed by atoms with Gasteiger partial charge in [-0.3, -0.25) is 14.9 Å². The molecule has 0 aliphatic heterocycles. The molecule has 7 heteroatoms. The largest absolute Gasteiger partial charge is 0.465 e. The number of carbonyl (C=O) groups is 1. The highest BCUT2D eigenvalue weighted by Gasteiger charge is 2.20. The first-order valence-electron chi connectivity index (χ1n) is 6.20. The van der Waals surface area contributed by atoms with Crippen molar-refractivity contribution in [3.8, 4) is 0 Å². The number of nitro benzene ring substituents is 1. The van der Waals surface area contributed by atoms with Crippen molar-refractivity contribution in [3.05, 3.63) is 37.8 Å². The Hall–Kier alpha value is -1.47. The van der Waals surface area contributed by atoms with E-state index < -0.39 is 11.0 Å². The summed E-state index contributed by atoms with van der Waals surface area (Å²) >= 11 is 3.35. The zero-order valence-electron chi connectivity index (χ0n) is 11.6. The fourth-order valence-corrected chi connectivity index (χ4v) is 2.09. The average Bonchev–Trinajstić information content (AvgIpc) is 2.39. The minimum absolute atomic E-state index is 0.0364. The van der Waals surface area contributed by atoms with E-state index in [-0.39, 0.29) is 18.2 Å². The summed E-state index contributed by atoms with van der Waals surface area (Å²) in [5.74, 6) is -0.372. The Bertz CT molecular complexity index is 519. The van der Waals surface area contributed by atoms with Crippen molar-refractivity contribution >= 4 is 27.6 Å². The molecule has 1 aromatic rings. The van der Waals surface area contributed by atoms with Crippen LogP contribution < -0.4 is 5.32 Å². The van der Waals surface area contributed by atoms with Crippen LogP contribution in [0, 0.1) is 17.0 Å². The third-order valence-corrected chi connectivity index (χ3v) is 3.79. The van der Waals surface area contributed by atoms with Crippen LogP contribution in [-0.2, 0) is 16.1 Å². The van der Waals surface area contributed by atoms with Crippen LogP contribution in [0.5, 0.6) is 0 Å². The van der Waals surface area contributed by atoms with Gasteiger partial charge in [0, 0.05) is 22.6 Å². The van der Waals surface area contributed by atoms with Crippen LogP contribution in [-0.4, -0.2) is 23.5 Å². The lowest BCUT2D eigenvalue weighted by Gasteiger charge is -2.14. The lowest BCUT2D eigenvalue weighted by molar-refractivity contribution is -0.385. The molecule has 0 unspecified atom stereocenters. The van der Waals surface area contributed by atoms with E-state index in [0.717, 1.165) is 10.0 Å². The van der Waals surface area contributed by atoms with Crippen LogP contribution in [0.1, 0.15) is 25.0 Å². The first-order chi connectivity index (χ1) is 9.38. The van der Waals surface area contributed by atoms with Crippen LogP contribution in [0.3, 0.4) is 0 Å². The van der Waals surface area contributed by atoms with Crippen molar-refractivity contribution in [2.45, 2.75) is 33.4 Å². The Kier molecular flexibility index (Phi) is 6.09. The van der Waals surface area contributed by atoms with Crippen molar-refractivity contribution in [2.24, 2.45) is 0 Å². The summed E-state index contributed by atoms with van der Waals surface area (Å²) in [5, 5.41) is 14.0. The number of halogens is 1. The molecule has 0 fully saturated rings. The SMILES string of the molecule is CCOC(=O)[C@@H](C)NCc1c([N+](=O)[O-])ccc(Br)c1C. The van der Waals surface area contributed by atoms with Gasteiger partial charge in [0.05, 0.1) is 11.5 Å². The Labute approximate surface area is 125 Å². The van der Waals surface area contributed by atoms with Crippen molar-refractivity contribution in [1.29, 1.82) is 0 Å². The molecule has 0 aromatic heterocycles. The van der Waals surface area contributed by atoms with Gasteiger partial charge in [-0.15, -0.1) is 0 Å². The third-order valence-electron chi connectivity index (χ3n) is 2.93. The minimum Gasteiger partial charge on any atom is -0.465 e. The predicted octanol–water partition coefficient (Wildman–Crippen LogP) is 2.71. The van der Waals surface area contributed by atoms with E-state index in [9.17, 15) is 14.9 Å². The molecule has 0 saturated heterocycles. The molecule has 110 valence electrons. The number of rotatable bonds is 6. The number of hydrogen-bond donors (Lipinski definition) is 1. The summed E-state index contributed by atoms with van der Waals surface area (Å²) < 4.78 is 5.67. The number of benzene rings is 1. The maximum atomic E-state index is 11.5. The quantitative estimate of drug-likeness (QED) is 0.487. The molecule has 6 nitrogen and oxygen atoms in total. The van der Waals surface area contributed by atoms with Gasteiger partial charge in [0.15, 0.2) is 0 Å². The molecule has 0 aliphatic carbocycles. The van der Waals surface area contributed by atoms with Gasteiger partial charge in [0.2, 0.25) is 0 Å². The van der Waals surface area contributed by atoms with Gasteiger partial charge in [-0.05, 0) is 32.4 Å². The van der Waals surface area contributed by atoms with Crippen molar-refractivity contribution in [1.82, 2.24) is 5.32 Å². The van der Waals surface area contributed by atoms with Crippen LogP contribution in [0.15, 0.2) is 16.6 Å². The van der Waals surface area contributed by atoms with Gasteiger partial charge in [0.25, 0.3) is 5.69 Å². The van der Waals surface area contributed by atoms with E-state index in [1.54, 1.807) is 26.8 Å². The Morgan fingerprint density at radius 1 is 1.55 bits per heavy atom. The van der Waals surface area contributed by atoms with Crippen molar-refractivity contribution < 1.29 is 14.5 Å². The first kappa shape index (κ1) is 16.6. The summed E-state index contributed by atoms with van der Waals surface area (Å²) in [4.78, 5) is 22.1. The standard InChI is InChI=1S/C13H17BrN2O4/c1-4-20-13(17)9(3)15-7-10-8(2)11(14)5-6-12(10)16(18)19/h5-6,9,15H,4,7H2,1-3H3/t9-/m1/s1. The van der Waals surface area contributed by atoms with Gasteiger partial charge < -0.3 is 10.1 Å². The molecule has 0 amide bonds. The molecule has 1 N–H and O–H groups in total. The van der Waals surface area contributed by atoms with Crippen molar-refractivity contribution in [3.63, 3.8) is 0 Å². The average molecular weight is 345 g/mol. The lowest BCUT2D eigenvalue weighted by Crippen LogP contribution is -2.35. The first-order valence-corrected chi connectivity index (χ1v) is 7.00. The molecule has 1 rings (SSSR count). The molecule has 1 atom stereocenters. The van der Waals surface area contributed by atoms with Gasteiger partial charge in [0.1, 0.15) is 6.04 Å².